The van der Waals surface area contributed by atoms with Crippen LogP contribution in [0.1, 0.15) is 0 Å². The third kappa shape index (κ3) is 2.13. The standard InChI is InChI=1S/C22H14S/c1-2-6-16-11-19(10-9-15(16)5-1)21-14-20-12-17-7-3-4-8-18(17)13-22(20)23-21/h1-14H. The van der Waals surface area contributed by atoms with Crippen molar-refractivity contribution in [2.24, 2.45) is 0 Å². The molecule has 0 bridgehead atoms. The lowest BCUT2D eigenvalue weighted by Gasteiger charge is -2.01. The van der Waals surface area contributed by atoms with Crippen LogP contribution in [0, 0.1) is 0 Å². The highest BCUT2D eigenvalue weighted by Gasteiger charge is 2.06. The normalized spacial score (nSPS) is 11.5. The lowest BCUT2D eigenvalue weighted by atomic mass is 10.1. The first kappa shape index (κ1) is 12.9. The molecule has 0 atom stereocenters. The number of thiophene rings is 1. The molecule has 0 spiro atoms. The molecule has 5 aromatic rings. The van der Waals surface area contributed by atoms with E-state index in [4.69, 9.17) is 0 Å². The largest absolute Gasteiger partial charge is 0.135 e. The van der Waals surface area contributed by atoms with Gasteiger partial charge in [0.25, 0.3) is 0 Å². The minimum Gasteiger partial charge on any atom is -0.135 e. The smallest absolute Gasteiger partial charge is 0.0355 e. The van der Waals surface area contributed by atoms with E-state index in [9.17, 15) is 0 Å². The molecular weight excluding hydrogens is 296 g/mol. The van der Waals surface area contributed by atoms with Crippen LogP contribution < -0.4 is 0 Å². The van der Waals surface area contributed by atoms with Crippen molar-refractivity contribution < 1.29 is 0 Å². The van der Waals surface area contributed by atoms with Crippen molar-refractivity contribution >= 4 is 43.0 Å². The zero-order valence-electron chi connectivity index (χ0n) is 12.5. The first-order chi connectivity index (χ1) is 11.4. The average Bonchev–Trinajstić information content (AvgIpc) is 3.02. The van der Waals surface area contributed by atoms with E-state index in [-0.39, 0.29) is 0 Å². The molecule has 0 aliphatic rings. The average molecular weight is 310 g/mol. The molecule has 4 aromatic carbocycles. The molecule has 0 unspecified atom stereocenters. The highest BCUT2D eigenvalue weighted by Crippen LogP contribution is 2.36. The fourth-order valence-electron chi connectivity index (χ4n) is 3.21. The molecule has 0 N–H and O–H groups in total. The minimum atomic E-state index is 1.29. The van der Waals surface area contributed by atoms with Crippen LogP contribution in [0.15, 0.2) is 84.9 Å². The molecule has 0 fully saturated rings. The molecule has 1 aromatic heterocycles. The van der Waals surface area contributed by atoms with Crippen molar-refractivity contribution in [3.05, 3.63) is 84.9 Å². The van der Waals surface area contributed by atoms with Gasteiger partial charge in [-0.1, -0.05) is 60.7 Å². The Kier molecular flexibility index (Phi) is 2.76. The Balaban J connectivity index is 1.73. The number of hydrogen-bond acceptors (Lipinski definition) is 1. The van der Waals surface area contributed by atoms with Crippen molar-refractivity contribution in [3.8, 4) is 10.4 Å². The third-order valence-corrected chi connectivity index (χ3v) is 5.57. The van der Waals surface area contributed by atoms with E-state index in [1.165, 1.54) is 42.1 Å². The van der Waals surface area contributed by atoms with E-state index < -0.39 is 0 Å². The van der Waals surface area contributed by atoms with Gasteiger partial charge in [0.2, 0.25) is 0 Å². The van der Waals surface area contributed by atoms with Crippen molar-refractivity contribution in [2.75, 3.05) is 0 Å². The number of rotatable bonds is 1. The Hall–Kier alpha value is -2.64. The van der Waals surface area contributed by atoms with E-state index in [2.05, 4.69) is 84.9 Å². The highest BCUT2D eigenvalue weighted by molar-refractivity contribution is 7.22. The molecule has 0 saturated heterocycles. The van der Waals surface area contributed by atoms with E-state index in [1.54, 1.807) is 0 Å². The third-order valence-electron chi connectivity index (χ3n) is 4.42. The molecule has 0 aliphatic heterocycles. The van der Waals surface area contributed by atoms with Gasteiger partial charge in [0.05, 0.1) is 0 Å². The summed E-state index contributed by atoms with van der Waals surface area (Å²) in [5.41, 5.74) is 1.30. The first-order valence-corrected chi connectivity index (χ1v) is 8.60. The summed E-state index contributed by atoms with van der Waals surface area (Å²) in [7, 11) is 0. The molecule has 108 valence electrons. The summed E-state index contributed by atoms with van der Waals surface area (Å²) in [6, 6.07) is 30.8. The maximum Gasteiger partial charge on any atom is 0.0355 e. The minimum absolute atomic E-state index is 1.29. The van der Waals surface area contributed by atoms with Crippen molar-refractivity contribution in [2.45, 2.75) is 0 Å². The molecule has 5 rings (SSSR count). The zero-order valence-corrected chi connectivity index (χ0v) is 13.3. The highest BCUT2D eigenvalue weighted by atomic mass is 32.1. The molecule has 0 radical (unpaired) electrons. The summed E-state index contributed by atoms with van der Waals surface area (Å²) in [6.07, 6.45) is 0. The number of benzene rings is 4. The van der Waals surface area contributed by atoms with Crippen LogP contribution in [0.3, 0.4) is 0 Å². The molecule has 0 saturated carbocycles. The number of fused-ring (bicyclic) bond motifs is 3. The van der Waals surface area contributed by atoms with Crippen LogP contribution in [0.2, 0.25) is 0 Å². The quantitative estimate of drug-likeness (QED) is 0.317. The SMILES string of the molecule is c1ccc2cc(-c3cc4cc5ccccc5cc4s3)ccc2c1. The van der Waals surface area contributed by atoms with E-state index in [0.29, 0.717) is 0 Å². The Labute approximate surface area is 138 Å². The molecule has 23 heavy (non-hydrogen) atoms. The Morgan fingerprint density at radius 1 is 0.478 bits per heavy atom. The van der Waals surface area contributed by atoms with Crippen LogP contribution in [0.4, 0.5) is 0 Å². The maximum absolute atomic E-state index is 2.32. The molecule has 0 nitrogen and oxygen atoms in total. The fourth-order valence-corrected chi connectivity index (χ4v) is 4.30. The van der Waals surface area contributed by atoms with Gasteiger partial charge >= 0.3 is 0 Å². The van der Waals surface area contributed by atoms with Crippen molar-refractivity contribution in [1.29, 1.82) is 0 Å². The van der Waals surface area contributed by atoms with Gasteiger partial charge in [-0.25, -0.2) is 0 Å². The lowest BCUT2D eigenvalue weighted by Crippen LogP contribution is -1.74. The number of hydrogen-bond donors (Lipinski definition) is 0. The topological polar surface area (TPSA) is 0 Å². The van der Waals surface area contributed by atoms with Crippen LogP contribution in [-0.4, -0.2) is 0 Å². The Bertz CT molecular complexity index is 1110. The van der Waals surface area contributed by atoms with Gasteiger partial charge < -0.3 is 0 Å². The summed E-state index contributed by atoms with van der Waals surface area (Å²) < 4.78 is 1.35. The van der Waals surface area contributed by atoms with Crippen molar-refractivity contribution in [3.63, 3.8) is 0 Å². The molecule has 1 heterocycles. The van der Waals surface area contributed by atoms with E-state index in [1.807, 2.05) is 11.3 Å². The molecular formula is C22H14S. The fraction of sp³-hybridized carbons (Fsp3) is 0. The first-order valence-electron chi connectivity index (χ1n) is 7.78. The molecule has 0 amide bonds. The summed E-state index contributed by atoms with van der Waals surface area (Å²) in [4.78, 5) is 1.33. The monoisotopic (exact) mass is 310 g/mol. The van der Waals surface area contributed by atoms with Crippen LogP contribution >= 0.6 is 11.3 Å². The predicted octanol–water partition coefficient (Wildman–Crippen LogP) is 6.87. The molecule has 1 heteroatoms. The second-order valence-corrected chi connectivity index (χ2v) is 6.99. The summed E-state index contributed by atoms with van der Waals surface area (Å²) in [5, 5.41) is 6.54. The lowest BCUT2D eigenvalue weighted by molar-refractivity contribution is 1.74. The Morgan fingerprint density at radius 3 is 1.91 bits per heavy atom. The predicted molar refractivity (Wildman–Crippen MR) is 102 cm³/mol. The van der Waals surface area contributed by atoms with Gasteiger partial charge in [-0.3, -0.25) is 0 Å². The van der Waals surface area contributed by atoms with Crippen LogP contribution in [0.25, 0.3) is 42.1 Å². The van der Waals surface area contributed by atoms with Gasteiger partial charge in [-0.15, -0.1) is 11.3 Å². The van der Waals surface area contributed by atoms with Crippen LogP contribution in [0.5, 0.6) is 0 Å². The second kappa shape index (κ2) is 4.94. The van der Waals surface area contributed by atoms with Gasteiger partial charge in [0.1, 0.15) is 0 Å². The van der Waals surface area contributed by atoms with Crippen LogP contribution in [-0.2, 0) is 0 Å². The van der Waals surface area contributed by atoms with E-state index in [0.717, 1.165) is 0 Å². The maximum atomic E-state index is 2.32. The van der Waals surface area contributed by atoms with Crippen molar-refractivity contribution in [1.82, 2.24) is 0 Å². The zero-order chi connectivity index (χ0) is 15.2. The summed E-state index contributed by atoms with van der Waals surface area (Å²) in [6.45, 7) is 0. The van der Waals surface area contributed by atoms with E-state index >= 15 is 0 Å². The van der Waals surface area contributed by atoms with Gasteiger partial charge in [-0.2, -0.15) is 0 Å². The second-order valence-electron chi connectivity index (χ2n) is 5.91. The van der Waals surface area contributed by atoms with Gasteiger partial charge in [-0.05, 0) is 56.8 Å². The van der Waals surface area contributed by atoms with Gasteiger partial charge in [0.15, 0.2) is 0 Å². The summed E-state index contributed by atoms with van der Waals surface area (Å²) in [5.74, 6) is 0. The summed E-state index contributed by atoms with van der Waals surface area (Å²) >= 11 is 1.87. The Morgan fingerprint density at radius 2 is 1.13 bits per heavy atom. The molecule has 0 aliphatic carbocycles. The van der Waals surface area contributed by atoms with Gasteiger partial charge in [0, 0.05) is 9.58 Å².